The van der Waals surface area contributed by atoms with Gasteiger partial charge in [-0.1, -0.05) is 29.4 Å². The fraction of sp³-hybridized carbons (Fsp3) is 0.350. The van der Waals surface area contributed by atoms with E-state index < -0.39 is 41.6 Å². The SMILES string of the molecule is OC1CCc2cc(C3=NOC(c4cccc(C(F)(F)F)c4)(C(F)(F)F)C3)ccc21. The molecule has 2 unspecified atom stereocenters. The van der Waals surface area contributed by atoms with E-state index in [-0.39, 0.29) is 5.71 Å². The Morgan fingerprint density at radius 2 is 1.79 bits per heavy atom. The first kappa shape index (κ1) is 19.8. The molecule has 4 rings (SSSR count). The average molecular weight is 415 g/mol. The second-order valence-corrected chi connectivity index (χ2v) is 7.18. The molecule has 0 saturated heterocycles. The first-order valence-corrected chi connectivity index (χ1v) is 8.82. The Balaban J connectivity index is 1.71. The summed E-state index contributed by atoms with van der Waals surface area (Å²) in [5.41, 5.74) is -2.95. The van der Waals surface area contributed by atoms with Gasteiger partial charge in [0.1, 0.15) is 0 Å². The van der Waals surface area contributed by atoms with E-state index in [1.54, 1.807) is 12.1 Å². The molecule has 9 heteroatoms. The summed E-state index contributed by atoms with van der Waals surface area (Å²) in [6.07, 6.45) is -10.0. The molecule has 1 heterocycles. The number of aliphatic hydroxyl groups excluding tert-OH is 1. The van der Waals surface area contributed by atoms with Gasteiger partial charge in [-0.2, -0.15) is 26.3 Å². The van der Waals surface area contributed by atoms with Crippen LogP contribution in [-0.4, -0.2) is 17.0 Å². The highest BCUT2D eigenvalue weighted by molar-refractivity contribution is 6.02. The molecular formula is C20H15F6NO2. The van der Waals surface area contributed by atoms with Gasteiger partial charge >= 0.3 is 12.4 Å². The molecule has 2 aromatic rings. The number of aryl methyl sites for hydroxylation is 1. The topological polar surface area (TPSA) is 41.8 Å². The molecule has 1 aliphatic heterocycles. The van der Waals surface area contributed by atoms with E-state index in [0.29, 0.717) is 36.1 Å². The smallest absolute Gasteiger partial charge is 0.388 e. The van der Waals surface area contributed by atoms with Crippen molar-refractivity contribution in [1.82, 2.24) is 0 Å². The van der Waals surface area contributed by atoms with E-state index in [2.05, 4.69) is 5.16 Å². The Hall–Kier alpha value is -2.55. The number of rotatable bonds is 2. The number of aliphatic hydroxyl groups is 1. The van der Waals surface area contributed by atoms with Gasteiger partial charge in [-0.3, -0.25) is 0 Å². The van der Waals surface area contributed by atoms with E-state index in [9.17, 15) is 31.4 Å². The largest absolute Gasteiger partial charge is 0.435 e. The highest BCUT2D eigenvalue weighted by Crippen LogP contribution is 2.49. The fourth-order valence-electron chi connectivity index (χ4n) is 3.78. The summed E-state index contributed by atoms with van der Waals surface area (Å²) in [4.78, 5) is 4.81. The van der Waals surface area contributed by atoms with Crippen molar-refractivity contribution in [3.8, 4) is 0 Å². The van der Waals surface area contributed by atoms with E-state index in [0.717, 1.165) is 17.7 Å². The van der Waals surface area contributed by atoms with Crippen LogP contribution in [0.1, 0.15) is 46.8 Å². The molecule has 2 aliphatic rings. The number of hydrogen-bond donors (Lipinski definition) is 1. The van der Waals surface area contributed by atoms with Gasteiger partial charge < -0.3 is 9.94 Å². The Labute approximate surface area is 161 Å². The molecule has 29 heavy (non-hydrogen) atoms. The zero-order chi connectivity index (χ0) is 21.0. The maximum absolute atomic E-state index is 14.0. The Kier molecular flexibility index (Phi) is 4.41. The summed E-state index contributed by atoms with van der Waals surface area (Å²) in [5, 5.41) is 13.5. The van der Waals surface area contributed by atoms with Gasteiger partial charge in [0, 0.05) is 12.0 Å². The minimum Gasteiger partial charge on any atom is -0.388 e. The monoisotopic (exact) mass is 415 g/mol. The van der Waals surface area contributed by atoms with Gasteiger partial charge in [-0.15, -0.1) is 0 Å². The lowest BCUT2D eigenvalue weighted by molar-refractivity contribution is -0.276. The zero-order valence-corrected chi connectivity index (χ0v) is 14.8. The van der Waals surface area contributed by atoms with Crippen LogP contribution >= 0.6 is 0 Å². The van der Waals surface area contributed by atoms with E-state index >= 15 is 0 Å². The summed E-state index contributed by atoms with van der Waals surface area (Å²) in [6.45, 7) is 0. The normalized spacial score (nSPS) is 24.2. The third-order valence-corrected chi connectivity index (χ3v) is 5.36. The van der Waals surface area contributed by atoms with Crippen LogP contribution in [-0.2, 0) is 23.0 Å². The van der Waals surface area contributed by atoms with Gasteiger partial charge in [-0.05, 0) is 47.7 Å². The van der Waals surface area contributed by atoms with Crippen molar-refractivity contribution in [2.45, 2.75) is 43.3 Å². The highest BCUT2D eigenvalue weighted by atomic mass is 19.4. The lowest BCUT2D eigenvalue weighted by Crippen LogP contribution is -2.42. The first-order valence-electron chi connectivity index (χ1n) is 8.82. The molecule has 0 saturated carbocycles. The Morgan fingerprint density at radius 1 is 1.03 bits per heavy atom. The number of halogens is 6. The van der Waals surface area contributed by atoms with Gasteiger partial charge in [0.15, 0.2) is 0 Å². The molecule has 1 N–H and O–H groups in total. The van der Waals surface area contributed by atoms with Gasteiger partial charge in [0.25, 0.3) is 5.60 Å². The zero-order valence-electron chi connectivity index (χ0n) is 14.8. The Morgan fingerprint density at radius 3 is 2.48 bits per heavy atom. The van der Waals surface area contributed by atoms with Crippen molar-refractivity contribution in [2.75, 3.05) is 0 Å². The molecular weight excluding hydrogens is 400 g/mol. The van der Waals surface area contributed by atoms with Crippen LogP contribution < -0.4 is 0 Å². The molecule has 3 nitrogen and oxygen atoms in total. The molecule has 0 spiro atoms. The van der Waals surface area contributed by atoms with Crippen LogP contribution in [0.2, 0.25) is 0 Å². The van der Waals surface area contributed by atoms with E-state index in [4.69, 9.17) is 4.84 Å². The van der Waals surface area contributed by atoms with E-state index in [1.165, 1.54) is 6.07 Å². The predicted octanol–water partition coefficient (Wildman–Crippen LogP) is 5.27. The molecule has 1 aliphatic carbocycles. The van der Waals surface area contributed by atoms with Gasteiger partial charge in [0.05, 0.1) is 17.4 Å². The quantitative estimate of drug-likeness (QED) is 0.680. The van der Waals surface area contributed by atoms with E-state index in [1.807, 2.05) is 0 Å². The number of alkyl halides is 6. The van der Waals surface area contributed by atoms with Crippen molar-refractivity contribution in [3.05, 3.63) is 70.3 Å². The molecule has 0 bridgehead atoms. The van der Waals surface area contributed by atoms with Gasteiger partial charge in [-0.25, -0.2) is 0 Å². The predicted molar refractivity (Wildman–Crippen MR) is 91.1 cm³/mol. The molecule has 0 amide bonds. The van der Waals surface area contributed by atoms with Crippen molar-refractivity contribution >= 4 is 5.71 Å². The molecule has 154 valence electrons. The number of hydrogen-bond acceptors (Lipinski definition) is 3. The highest BCUT2D eigenvalue weighted by Gasteiger charge is 2.62. The first-order chi connectivity index (χ1) is 13.5. The summed E-state index contributed by atoms with van der Waals surface area (Å²) in [5.74, 6) is 0. The third-order valence-electron chi connectivity index (χ3n) is 5.36. The van der Waals surface area contributed by atoms with Crippen LogP contribution in [0.3, 0.4) is 0 Å². The number of nitrogens with zero attached hydrogens (tertiary/aromatic N) is 1. The molecule has 2 atom stereocenters. The molecule has 0 radical (unpaired) electrons. The molecule has 0 aromatic heterocycles. The summed E-state index contributed by atoms with van der Waals surface area (Å²) >= 11 is 0. The lowest BCUT2D eigenvalue weighted by Gasteiger charge is -2.30. The average Bonchev–Trinajstić information content (AvgIpc) is 3.26. The fourth-order valence-corrected chi connectivity index (χ4v) is 3.78. The molecule has 0 fully saturated rings. The third kappa shape index (κ3) is 3.27. The summed E-state index contributed by atoms with van der Waals surface area (Å²) in [6, 6.07) is 7.84. The summed E-state index contributed by atoms with van der Waals surface area (Å²) < 4.78 is 80.9. The maximum Gasteiger partial charge on any atom is 0.435 e. The van der Waals surface area contributed by atoms with Crippen LogP contribution in [0.15, 0.2) is 47.6 Å². The standard InChI is InChI=1S/C20H15F6NO2/c21-19(22,23)14-3-1-2-13(9-14)18(20(24,25)26)10-16(27-29-18)12-4-6-15-11(8-12)5-7-17(15)28/h1-4,6,8-9,17,28H,5,7,10H2. The van der Waals surface area contributed by atoms with Crippen molar-refractivity contribution in [2.24, 2.45) is 5.16 Å². The van der Waals surface area contributed by atoms with Crippen molar-refractivity contribution in [1.29, 1.82) is 0 Å². The van der Waals surface area contributed by atoms with Crippen LogP contribution in [0.25, 0.3) is 0 Å². The number of benzene rings is 2. The maximum atomic E-state index is 14.0. The second kappa shape index (κ2) is 6.48. The number of oxime groups is 1. The van der Waals surface area contributed by atoms with Crippen molar-refractivity contribution in [3.63, 3.8) is 0 Å². The molecule has 2 aromatic carbocycles. The van der Waals surface area contributed by atoms with Crippen LogP contribution in [0, 0.1) is 0 Å². The second-order valence-electron chi connectivity index (χ2n) is 7.18. The van der Waals surface area contributed by atoms with Crippen LogP contribution in [0.5, 0.6) is 0 Å². The number of fused-ring (bicyclic) bond motifs is 1. The van der Waals surface area contributed by atoms with Crippen LogP contribution in [0.4, 0.5) is 26.3 Å². The van der Waals surface area contributed by atoms with Gasteiger partial charge in [0.2, 0.25) is 0 Å². The summed E-state index contributed by atoms with van der Waals surface area (Å²) in [7, 11) is 0. The minimum atomic E-state index is -4.99. The van der Waals surface area contributed by atoms with Crippen molar-refractivity contribution < 1.29 is 36.3 Å². The lowest BCUT2D eigenvalue weighted by atomic mass is 9.85. The Bertz CT molecular complexity index is 982. The minimum absolute atomic E-state index is 0.0103.